The smallest absolute Gasteiger partial charge is 0.0314 e. The molecular formula is C17H22N2. The van der Waals surface area contributed by atoms with Crippen LogP contribution in [0.1, 0.15) is 18.1 Å². The molecule has 0 unspecified atom stereocenters. The molecule has 100 valence electrons. The zero-order valence-electron chi connectivity index (χ0n) is 11.5. The molecule has 0 aliphatic rings. The van der Waals surface area contributed by atoms with E-state index in [-0.39, 0.29) is 0 Å². The van der Waals surface area contributed by atoms with Crippen molar-refractivity contribution in [2.45, 2.75) is 19.9 Å². The van der Waals surface area contributed by atoms with Crippen molar-refractivity contribution in [3.8, 4) is 0 Å². The fourth-order valence-electron chi connectivity index (χ4n) is 2.16. The monoisotopic (exact) mass is 254 g/mol. The Morgan fingerprint density at radius 2 is 1.58 bits per heavy atom. The van der Waals surface area contributed by atoms with Crippen molar-refractivity contribution in [1.29, 1.82) is 0 Å². The molecule has 2 rings (SSSR count). The predicted molar refractivity (Wildman–Crippen MR) is 82.0 cm³/mol. The van der Waals surface area contributed by atoms with Gasteiger partial charge in [-0.15, -0.1) is 0 Å². The van der Waals surface area contributed by atoms with Crippen LogP contribution < -0.4 is 5.73 Å². The molecule has 0 amide bonds. The van der Waals surface area contributed by atoms with Gasteiger partial charge in [-0.05, 0) is 36.2 Å². The maximum Gasteiger partial charge on any atom is 0.0314 e. The first-order valence-corrected chi connectivity index (χ1v) is 6.88. The molecule has 0 aliphatic heterocycles. The van der Waals surface area contributed by atoms with Gasteiger partial charge < -0.3 is 5.73 Å². The second-order valence-corrected chi connectivity index (χ2v) is 4.85. The van der Waals surface area contributed by atoms with E-state index in [0.29, 0.717) is 0 Å². The van der Waals surface area contributed by atoms with E-state index in [1.807, 2.05) is 12.1 Å². The molecule has 0 bridgehead atoms. The Labute approximate surface area is 115 Å². The molecule has 0 heterocycles. The molecule has 2 nitrogen and oxygen atoms in total. The lowest BCUT2D eigenvalue weighted by atomic mass is 10.1. The second kappa shape index (κ2) is 6.95. The molecule has 19 heavy (non-hydrogen) atoms. The first-order valence-electron chi connectivity index (χ1n) is 6.88. The standard InChI is InChI=1S/C17H22N2/c1-2-19(13-12-15-6-4-3-5-7-15)14-16-8-10-17(18)11-9-16/h3-11H,2,12-14,18H2,1H3. The lowest BCUT2D eigenvalue weighted by molar-refractivity contribution is 0.283. The fourth-order valence-corrected chi connectivity index (χ4v) is 2.16. The van der Waals surface area contributed by atoms with Gasteiger partial charge in [-0.2, -0.15) is 0 Å². The molecular weight excluding hydrogens is 232 g/mol. The van der Waals surface area contributed by atoms with Crippen LogP contribution in [-0.4, -0.2) is 18.0 Å². The summed E-state index contributed by atoms with van der Waals surface area (Å²) in [7, 11) is 0. The summed E-state index contributed by atoms with van der Waals surface area (Å²) in [5, 5.41) is 0. The van der Waals surface area contributed by atoms with Crippen LogP contribution in [0.15, 0.2) is 54.6 Å². The number of likely N-dealkylation sites (N-methyl/N-ethyl adjacent to an activating group) is 1. The molecule has 0 radical (unpaired) electrons. The SMILES string of the molecule is CCN(CCc1ccccc1)Cc1ccc(N)cc1. The quantitative estimate of drug-likeness (QED) is 0.801. The predicted octanol–water partition coefficient (Wildman–Crippen LogP) is 3.33. The summed E-state index contributed by atoms with van der Waals surface area (Å²) in [6, 6.07) is 18.8. The minimum Gasteiger partial charge on any atom is -0.399 e. The van der Waals surface area contributed by atoms with Crippen molar-refractivity contribution in [3.63, 3.8) is 0 Å². The number of nitrogen functional groups attached to an aromatic ring is 1. The van der Waals surface area contributed by atoms with E-state index < -0.39 is 0 Å². The minimum atomic E-state index is 0.830. The molecule has 0 spiro atoms. The number of hydrogen-bond donors (Lipinski definition) is 1. The normalized spacial score (nSPS) is 10.8. The number of hydrogen-bond acceptors (Lipinski definition) is 2. The number of anilines is 1. The third-order valence-corrected chi connectivity index (χ3v) is 3.39. The molecule has 0 saturated carbocycles. The van der Waals surface area contributed by atoms with Gasteiger partial charge in [0, 0.05) is 18.8 Å². The van der Waals surface area contributed by atoms with E-state index in [2.05, 4.69) is 54.3 Å². The van der Waals surface area contributed by atoms with Crippen LogP contribution in [0.3, 0.4) is 0 Å². The van der Waals surface area contributed by atoms with E-state index in [0.717, 1.165) is 31.7 Å². The molecule has 2 aromatic rings. The first kappa shape index (κ1) is 13.6. The lowest BCUT2D eigenvalue weighted by Gasteiger charge is -2.20. The molecule has 2 N–H and O–H groups in total. The average molecular weight is 254 g/mol. The number of rotatable bonds is 6. The van der Waals surface area contributed by atoms with E-state index in [1.54, 1.807) is 0 Å². The second-order valence-electron chi connectivity index (χ2n) is 4.85. The summed E-state index contributed by atoms with van der Waals surface area (Å²) in [4.78, 5) is 2.46. The lowest BCUT2D eigenvalue weighted by Crippen LogP contribution is -2.25. The van der Waals surface area contributed by atoms with Crippen LogP contribution in [0, 0.1) is 0 Å². The Bertz CT molecular complexity index is 476. The van der Waals surface area contributed by atoms with Gasteiger partial charge in [-0.3, -0.25) is 4.90 Å². The summed E-state index contributed by atoms with van der Waals surface area (Å²) >= 11 is 0. The highest BCUT2D eigenvalue weighted by atomic mass is 15.1. The Kier molecular flexibility index (Phi) is 4.99. The number of nitrogens with zero attached hydrogens (tertiary/aromatic N) is 1. The minimum absolute atomic E-state index is 0.830. The third kappa shape index (κ3) is 4.42. The van der Waals surface area contributed by atoms with Gasteiger partial charge in [0.2, 0.25) is 0 Å². The van der Waals surface area contributed by atoms with Crippen LogP contribution >= 0.6 is 0 Å². The van der Waals surface area contributed by atoms with Crippen molar-refractivity contribution in [1.82, 2.24) is 4.90 Å². The molecule has 0 aliphatic carbocycles. The third-order valence-electron chi connectivity index (χ3n) is 3.39. The van der Waals surface area contributed by atoms with Gasteiger partial charge in [0.25, 0.3) is 0 Å². The Hall–Kier alpha value is -1.80. The zero-order chi connectivity index (χ0) is 13.5. The Morgan fingerprint density at radius 1 is 0.895 bits per heavy atom. The summed E-state index contributed by atoms with van der Waals surface area (Å²) < 4.78 is 0. The average Bonchev–Trinajstić information content (AvgIpc) is 2.46. The van der Waals surface area contributed by atoms with Crippen LogP contribution in [-0.2, 0) is 13.0 Å². The molecule has 0 aromatic heterocycles. The van der Waals surface area contributed by atoms with E-state index in [9.17, 15) is 0 Å². The van der Waals surface area contributed by atoms with Gasteiger partial charge >= 0.3 is 0 Å². The van der Waals surface area contributed by atoms with E-state index in [1.165, 1.54) is 11.1 Å². The van der Waals surface area contributed by atoms with Crippen molar-refractivity contribution < 1.29 is 0 Å². The summed E-state index contributed by atoms with van der Waals surface area (Å²) in [6.07, 6.45) is 1.10. The van der Waals surface area contributed by atoms with E-state index in [4.69, 9.17) is 5.73 Å². The highest BCUT2D eigenvalue weighted by Gasteiger charge is 2.04. The van der Waals surface area contributed by atoms with Crippen molar-refractivity contribution in [2.75, 3.05) is 18.8 Å². The zero-order valence-corrected chi connectivity index (χ0v) is 11.5. The highest BCUT2D eigenvalue weighted by molar-refractivity contribution is 5.39. The van der Waals surface area contributed by atoms with Crippen molar-refractivity contribution in [2.24, 2.45) is 0 Å². The van der Waals surface area contributed by atoms with Crippen molar-refractivity contribution >= 4 is 5.69 Å². The number of nitrogens with two attached hydrogens (primary N) is 1. The van der Waals surface area contributed by atoms with Crippen LogP contribution in [0.25, 0.3) is 0 Å². The Balaban J connectivity index is 1.88. The maximum atomic E-state index is 5.71. The molecule has 0 atom stereocenters. The topological polar surface area (TPSA) is 29.3 Å². The summed E-state index contributed by atoms with van der Waals surface area (Å²) in [5.74, 6) is 0. The Morgan fingerprint density at radius 3 is 2.21 bits per heavy atom. The van der Waals surface area contributed by atoms with Gasteiger partial charge in [-0.25, -0.2) is 0 Å². The molecule has 2 aromatic carbocycles. The van der Waals surface area contributed by atoms with Gasteiger partial charge in [0.1, 0.15) is 0 Å². The van der Waals surface area contributed by atoms with Crippen molar-refractivity contribution in [3.05, 3.63) is 65.7 Å². The number of benzene rings is 2. The highest BCUT2D eigenvalue weighted by Crippen LogP contribution is 2.09. The molecule has 0 fully saturated rings. The van der Waals surface area contributed by atoms with Crippen LogP contribution in [0.5, 0.6) is 0 Å². The first-order chi connectivity index (χ1) is 9.28. The fraction of sp³-hybridized carbons (Fsp3) is 0.294. The largest absolute Gasteiger partial charge is 0.399 e. The van der Waals surface area contributed by atoms with Gasteiger partial charge in [-0.1, -0.05) is 49.4 Å². The summed E-state index contributed by atoms with van der Waals surface area (Å²) in [5.41, 5.74) is 9.27. The van der Waals surface area contributed by atoms with Crippen LogP contribution in [0.2, 0.25) is 0 Å². The van der Waals surface area contributed by atoms with Crippen LogP contribution in [0.4, 0.5) is 5.69 Å². The van der Waals surface area contributed by atoms with E-state index >= 15 is 0 Å². The maximum absolute atomic E-state index is 5.71. The van der Waals surface area contributed by atoms with Gasteiger partial charge in [0.15, 0.2) is 0 Å². The summed E-state index contributed by atoms with van der Waals surface area (Å²) in [6.45, 7) is 5.36. The molecule has 2 heteroatoms. The van der Waals surface area contributed by atoms with Gasteiger partial charge in [0.05, 0.1) is 0 Å². The molecule has 0 saturated heterocycles.